The molecule has 4 rings (SSSR count). The number of hydrogen-bond donors (Lipinski definition) is 4. The molecule has 0 atom stereocenters. The van der Waals surface area contributed by atoms with Crippen molar-refractivity contribution in [1.29, 1.82) is 0 Å². The Bertz CT molecular complexity index is 1310. The second-order valence-corrected chi connectivity index (χ2v) is 9.42. The molecular weight excluding hydrogens is 548 g/mol. The Morgan fingerprint density at radius 2 is 1.79 bits per heavy atom. The number of aliphatic carboxylic acids is 2. The highest BCUT2D eigenvalue weighted by Crippen LogP contribution is 2.41. The number of pyridine rings is 1. The van der Waals surface area contributed by atoms with Crippen molar-refractivity contribution in [3.8, 4) is 5.75 Å². The molecule has 1 fully saturated rings. The molecule has 39 heavy (non-hydrogen) atoms. The first-order valence-electron chi connectivity index (χ1n) is 11.7. The van der Waals surface area contributed by atoms with E-state index < -0.39 is 29.3 Å². The molecule has 4 N–H and O–H groups in total. The third-order valence-corrected chi connectivity index (χ3v) is 6.38. The van der Waals surface area contributed by atoms with E-state index >= 15 is 0 Å². The molecule has 1 aliphatic carbocycles. The van der Waals surface area contributed by atoms with Crippen molar-refractivity contribution in [1.82, 2.24) is 15.2 Å². The molecule has 210 valence electrons. The molecule has 3 aromatic rings. The van der Waals surface area contributed by atoms with E-state index in [4.69, 9.17) is 26.2 Å². The summed E-state index contributed by atoms with van der Waals surface area (Å²) in [6.07, 6.45) is -3.22. The van der Waals surface area contributed by atoms with Crippen LogP contribution in [-0.2, 0) is 16.0 Å². The van der Waals surface area contributed by atoms with Crippen molar-refractivity contribution < 1.29 is 42.1 Å². The van der Waals surface area contributed by atoms with Gasteiger partial charge in [0, 0.05) is 23.9 Å². The second kappa shape index (κ2) is 12.3. The van der Waals surface area contributed by atoms with Gasteiger partial charge in [-0.3, -0.25) is 9.89 Å². The van der Waals surface area contributed by atoms with E-state index in [0.29, 0.717) is 49.4 Å². The van der Waals surface area contributed by atoms with E-state index in [1.165, 1.54) is 12.1 Å². The lowest BCUT2D eigenvalue weighted by molar-refractivity contribution is -0.192. The number of benzene rings is 1. The minimum absolute atomic E-state index is 0.00255. The van der Waals surface area contributed by atoms with Crippen molar-refractivity contribution in [3.05, 3.63) is 64.7 Å². The van der Waals surface area contributed by atoms with E-state index in [1.807, 2.05) is 31.2 Å². The average molecular weight is 573 g/mol. The fourth-order valence-corrected chi connectivity index (χ4v) is 4.26. The van der Waals surface area contributed by atoms with Crippen molar-refractivity contribution >= 4 is 35.2 Å². The molecule has 0 amide bonds. The minimum Gasteiger partial charge on any atom is -0.487 e. The maximum absolute atomic E-state index is 14.1. The Balaban J connectivity index is 0.000000532. The van der Waals surface area contributed by atoms with Gasteiger partial charge in [0.15, 0.2) is 17.4 Å². The molecule has 0 radical (unpaired) electrons. The fraction of sp³-hybridized carbons (Fsp3) is 0.360. The summed E-state index contributed by atoms with van der Waals surface area (Å²) in [4.78, 5) is 25.7. The van der Waals surface area contributed by atoms with Crippen LogP contribution in [0.15, 0.2) is 42.5 Å². The number of halogens is 5. The molecule has 0 bridgehead atoms. The Labute approximate surface area is 225 Å². The molecule has 9 nitrogen and oxygen atoms in total. The Morgan fingerprint density at radius 3 is 2.36 bits per heavy atom. The molecule has 0 unspecified atom stereocenters. The molecule has 0 spiro atoms. The molecule has 2 heterocycles. The zero-order chi connectivity index (χ0) is 28.8. The van der Waals surface area contributed by atoms with E-state index in [1.54, 1.807) is 6.07 Å². The van der Waals surface area contributed by atoms with Crippen LogP contribution in [0.25, 0.3) is 0 Å². The number of aryl methyl sites for hydroxylation is 1. The SMILES string of the molecule is Cc1cc(Nc2cccc(C[C@]3(C(=O)O)CC[C@H](Oc4cccc(Cl)c4F)CC3)n2)n[nH]1.O=C(O)C(F)(F)F. The highest BCUT2D eigenvalue weighted by molar-refractivity contribution is 6.30. The first kappa shape index (κ1) is 29.7. The number of carboxylic acids is 2. The van der Waals surface area contributed by atoms with Crippen LogP contribution in [0.1, 0.15) is 37.1 Å². The predicted octanol–water partition coefficient (Wildman–Crippen LogP) is 5.92. The lowest BCUT2D eigenvalue weighted by Gasteiger charge is -2.36. The monoisotopic (exact) mass is 572 g/mol. The summed E-state index contributed by atoms with van der Waals surface area (Å²) in [5.41, 5.74) is 0.663. The van der Waals surface area contributed by atoms with Crippen molar-refractivity contribution in [2.45, 2.75) is 51.3 Å². The van der Waals surface area contributed by atoms with Crippen LogP contribution in [0.2, 0.25) is 5.02 Å². The summed E-state index contributed by atoms with van der Waals surface area (Å²) in [5, 5.41) is 27.3. The normalized spacial score (nSPS) is 19.0. The number of nitrogens with zero attached hydrogens (tertiary/aromatic N) is 2. The number of carbonyl (C=O) groups is 2. The molecule has 1 saturated carbocycles. The molecule has 0 saturated heterocycles. The topological polar surface area (TPSA) is 137 Å². The van der Waals surface area contributed by atoms with Gasteiger partial charge in [-0.1, -0.05) is 23.7 Å². The zero-order valence-electron chi connectivity index (χ0n) is 20.6. The van der Waals surface area contributed by atoms with Gasteiger partial charge in [-0.15, -0.1) is 0 Å². The molecule has 14 heteroatoms. The number of rotatable bonds is 7. The first-order chi connectivity index (χ1) is 18.3. The lowest BCUT2D eigenvalue weighted by atomic mass is 9.70. The van der Waals surface area contributed by atoms with Gasteiger partial charge < -0.3 is 20.3 Å². The average Bonchev–Trinajstić information content (AvgIpc) is 3.27. The number of aromatic amines is 1. The molecule has 1 aromatic carbocycles. The molecular formula is C25H25ClF4N4O5. The van der Waals surface area contributed by atoms with Gasteiger partial charge in [-0.25, -0.2) is 14.2 Å². The Kier molecular flexibility index (Phi) is 9.38. The maximum atomic E-state index is 14.1. The number of nitrogens with one attached hydrogen (secondary N) is 2. The third kappa shape index (κ3) is 8.06. The van der Waals surface area contributed by atoms with Crippen molar-refractivity contribution in [2.24, 2.45) is 5.41 Å². The molecule has 0 aliphatic heterocycles. The highest BCUT2D eigenvalue weighted by atomic mass is 35.5. The van der Waals surface area contributed by atoms with Gasteiger partial charge >= 0.3 is 18.1 Å². The number of anilines is 2. The summed E-state index contributed by atoms with van der Waals surface area (Å²) in [6, 6.07) is 12.0. The molecule has 1 aliphatic rings. The largest absolute Gasteiger partial charge is 0.490 e. The van der Waals surface area contributed by atoms with Gasteiger partial charge in [0.1, 0.15) is 5.82 Å². The lowest BCUT2D eigenvalue weighted by Crippen LogP contribution is -2.40. The third-order valence-electron chi connectivity index (χ3n) is 6.08. The molecule has 2 aromatic heterocycles. The van der Waals surface area contributed by atoms with Crippen LogP contribution < -0.4 is 10.1 Å². The summed E-state index contributed by atoms with van der Waals surface area (Å²) < 4.78 is 51.7. The standard InChI is InChI=1S/C23H24ClFN4O3.C2HF3O2/c1-14-12-20(29-28-14)27-19-7-2-4-15(26-19)13-23(22(30)31)10-8-16(9-11-23)32-18-6-3-5-17(24)21(18)25;3-2(4,5)1(6)7/h2-7,12,16H,8-11,13H2,1H3,(H,30,31)(H2,26,27,28,29);(H,6,7)/t16-,23-;. The number of carboxylic acid groups (broad SMARTS) is 2. The number of aromatic nitrogens is 3. The van der Waals surface area contributed by atoms with E-state index in [9.17, 15) is 27.5 Å². The van der Waals surface area contributed by atoms with Crippen LogP contribution in [0, 0.1) is 18.2 Å². The van der Waals surface area contributed by atoms with E-state index in [2.05, 4.69) is 20.5 Å². The summed E-state index contributed by atoms with van der Waals surface area (Å²) in [7, 11) is 0. The van der Waals surface area contributed by atoms with Crippen molar-refractivity contribution in [2.75, 3.05) is 5.32 Å². The summed E-state index contributed by atoms with van der Waals surface area (Å²) in [5.74, 6) is -2.86. The Hall–Kier alpha value is -3.87. The van der Waals surface area contributed by atoms with Gasteiger partial charge in [0.05, 0.1) is 16.5 Å². The van der Waals surface area contributed by atoms with Gasteiger partial charge in [0.25, 0.3) is 0 Å². The van der Waals surface area contributed by atoms with E-state index in [-0.39, 0.29) is 16.9 Å². The number of hydrogen-bond acceptors (Lipinski definition) is 6. The van der Waals surface area contributed by atoms with Crippen LogP contribution in [0.5, 0.6) is 5.75 Å². The predicted molar refractivity (Wildman–Crippen MR) is 133 cm³/mol. The van der Waals surface area contributed by atoms with Gasteiger partial charge in [-0.2, -0.15) is 18.3 Å². The second-order valence-electron chi connectivity index (χ2n) is 9.01. The van der Waals surface area contributed by atoms with Crippen LogP contribution >= 0.6 is 11.6 Å². The Morgan fingerprint density at radius 1 is 1.15 bits per heavy atom. The van der Waals surface area contributed by atoms with Crippen LogP contribution in [-0.4, -0.2) is 49.6 Å². The van der Waals surface area contributed by atoms with E-state index in [0.717, 1.165) is 5.69 Å². The van der Waals surface area contributed by atoms with Crippen LogP contribution in [0.3, 0.4) is 0 Å². The fourth-order valence-electron chi connectivity index (χ4n) is 4.09. The number of ether oxygens (including phenoxy) is 1. The first-order valence-corrected chi connectivity index (χ1v) is 12.1. The summed E-state index contributed by atoms with van der Waals surface area (Å²) in [6.45, 7) is 1.90. The minimum atomic E-state index is -5.08. The van der Waals surface area contributed by atoms with Crippen molar-refractivity contribution in [3.63, 3.8) is 0 Å². The highest BCUT2D eigenvalue weighted by Gasteiger charge is 2.43. The maximum Gasteiger partial charge on any atom is 0.490 e. The smallest absolute Gasteiger partial charge is 0.487 e. The quantitative estimate of drug-likeness (QED) is 0.256. The number of H-pyrrole nitrogens is 1. The summed E-state index contributed by atoms with van der Waals surface area (Å²) >= 11 is 5.82. The zero-order valence-corrected chi connectivity index (χ0v) is 21.3. The van der Waals surface area contributed by atoms with Gasteiger partial charge in [0.2, 0.25) is 0 Å². The van der Waals surface area contributed by atoms with Crippen LogP contribution in [0.4, 0.5) is 29.2 Å². The number of alkyl halides is 3. The van der Waals surface area contributed by atoms with Gasteiger partial charge in [-0.05, 0) is 56.9 Å².